The van der Waals surface area contributed by atoms with E-state index in [0.717, 1.165) is 12.1 Å². The number of aromatic nitrogens is 2. The summed E-state index contributed by atoms with van der Waals surface area (Å²) < 4.78 is 25.9. The van der Waals surface area contributed by atoms with Crippen LogP contribution in [0.1, 0.15) is 5.82 Å². The average Bonchev–Trinajstić information content (AvgIpc) is 2.33. The van der Waals surface area contributed by atoms with Gasteiger partial charge in [-0.1, -0.05) is 0 Å². The molecule has 88 valence electrons. The predicted molar refractivity (Wildman–Crippen MR) is 64.9 cm³/mol. The summed E-state index contributed by atoms with van der Waals surface area (Å²) in [5, 5.41) is 0. The lowest BCUT2D eigenvalue weighted by Crippen LogP contribution is -1.97. The molecule has 5 heteroatoms. The molecule has 0 aliphatic rings. The van der Waals surface area contributed by atoms with Crippen molar-refractivity contribution in [1.29, 1.82) is 0 Å². The minimum atomic E-state index is -0.878. The Morgan fingerprint density at radius 2 is 1.94 bits per heavy atom. The highest BCUT2D eigenvalue weighted by Gasteiger charge is 2.06. The minimum absolute atomic E-state index is 0.534. The summed E-state index contributed by atoms with van der Waals surface area (Å²) >= 11 is 4.09. The van der Waals surface area contributed by atoms with Crippen molar-refractivity contribution in [1.82, 2.24) is 9.97 Å². The second kappa shape index (κ2) is 5.23. The van der Waals surface area contributed by atoms with E-state index in [9.17, 15) is 8.78 Å². The van der Waals surface area contributed by atoms with Crippen molar-refractivity contribution in [3.8, 4) is 11.3 Å². The molecule has 0 N–H and O–H groups in total. The third-order valence-electron chi connectivity index (χ3n) is 2.26. The lowest BCUT2D eigenvalue weighted by molar-refractivity contribution is 0.509. The Labute approximate surface area is 103 Å². The standard InChI is InChI=1S/C12H10F2N2S/c13-9-2-1-8(7-10(9)14)11-3-5-15-12(16-11)4-6-17/h1-3,5,7,17H,4,6H2. The lowest BCUT2D eigenvalue weighted by atomic mass is 10.1. The molecule has 0 saturated heterocycles. The molecule has 0 aliphatic carbocycles. The van der Waals surface area contributed by atoms with Gasteiger partial charge >= 0.3 is 0 Å². The summed E-state index contributed by atoms with van der Waals surface area (Å²) in [6, 6.07) is 5.37. The molecule has 0 saturated carbocycles. The molecule has 1 heterocycles. The molecule has 0 fully saturated rings. The summed E-state index contributed by atoms with van der Waals surface area (Å²) in [4.78, 5) is 8.32. The Kier molecular flexibility index (Phi) is 3.68. The van der Waals surface area contributed by atoms with Crippen LogP contribution in [0.5, 0.6) is 0 Å². The van der Waals surface area contributed by atoms with Crippen molar-refractivity contribution in [3.63, 3.8) is 0 Å². The van der Waals surface area contributed by atoms with Crippen LogP contribution in [0.15, 0.2) is 30.5 Å². The van der Waals surface area contributed by atoms with Crippen LogP contribution < -0.4 is 0 Å². The smallest absolute Gasteiger partial charge is 0.159 e. The largest absolute Gasteiger partial charge is 0.241 e. The second-order valence-electron chi connectivity index (χ2n) is 3.46. The zero-order valence-corrected chi connectivity index (χ0v) is 9.79. The fourth-order valence-corrected chi connectivity index (χ4v) is 1.64. The predicted octanol–water partition coefficient (Wildman–Crippen LogP) is 2.89. The van der Waals surface area contributed by atoms with E-state index in [1.54, 1.807) is 12.3 Å². The maximum atomic E-state index is 13.1. The van der Waals surface area contributed by atoms with Crippen LogP contribution in [0.3, 0.4) is 0 Å². The number of benzene rings is 1. The monoisotopic (exact) mass is 252 g/mol. The summed E-state index contributed by atoms with van der Waals surface area (Å²) in [5.74, 6) is -0.459. The molecule has 2 aromatic rings. The van der Waals surface area contributed by atoms with Crippen LogP contribution in [0, 0.1) is 11.6 Å². The number of nitrogens with zero attached hydrogens (tertiary/aromatic N) is 2. The van der Waals surface area contributed by atoms with Crippen molar-refractivity contribution >= 4 is 12.6 Å². The molecule has 0 spiro atoms. The highest BCUT2D eigenvalue weighted by Crippen LogP contribution is 2.19. The van der Waals surface area contributed by atoms with Crippen LogP contribution in [-0.2, 0) is 6.42 Å². The van der Waals surface area contributed by atoms with Crippen LogP contribution in [0.4, 0.5) is 8.78 Å². The van der Waals surface area contributed by atoms with Gasteiger partial charge in [-0.05, 0) is 30.0 Å². The SMILES string of the molecule is Fc1ccc(-c2ccnc(CCS)n2)cc1F. The Bertz CT molecular complexity index is 532. The molecule has 17 heavy (non-hydrogen) atoms. The van der Waals surface area contributed by atoms with Gasteiger partial charge in [-0.2, -0.15) is 12.6 Å². The summed E-state index contributed by atoms with van der Waals surface area (Å²) in [6.45, 7) is 0. The van der Waals surface area contributed by atoms with E-state index in [0.29, 0.717) is 29.3 Å². The summed E-state index contributed by atoms with van der Waals surface area (Å²) in [6.07, 6.45) is 2.24. The highest BCUT2D eigenvalue weighted by molar-refractivity contribution is 7.80. The van der Waals surface area contributed by atoms with Crippen LogP contribution in [0.2, 0.25) is 0 Å². The van der Waals surface area contributed by atoms with Crippen LogP contribution >= 0.6 is 12.6 Å². The second-order valence-corrected chi connectivity index (χ2v) is 3.91. The van der Waals surface area contributed by atoms with E-state index in [2.05, 4.69) is 22.6 Å². The number of aryl methyl sites for hydroxylation is 1. The average molecular weight is 252 g/mol. The Morgan fingerprint density at radius 3 is 2.65 bits per heavy atom. The fraction of sp³-hybridized carbons (Fsp3) is 0.167. The van der Waals surface area contributed by atoms with Crippen LogP contribution in [0.25, 0.3) is 11.3 Å². The van der Waals surface area contributed by atoms with Gasteiger partial charge in [-0.25, -0.2) is 18.7 Å². The van der Waals surface area contributed by atoms with Crippen LogP contribution in [-0.4, -0.2) is 15.7 Å². The molecule has 0 unspecified atom stereocenters. The van der Waals surface area contributed by atoms with E-state index in [4.69, 9.17) is 0 Å². The Balaban J connectivity index is 2.38. The molecule has 1 aromatic heterocycles. The highest BCUT2D eigenvalue weighted by atomic mass is 32.1. The first-order valence-electron chi connectivity index (χ1n) is 5.09. The third-order valence-corrected chi connectivity index (χ3v) is 2.48. The van der Waals surface area contributed by atoms with Gasteiger partial charge in [-0.3, -0.25) is 0 Å². The van der Waals surface area contributed by atoms with E-state index < -0.39 is 11.6 Å². The van der Waals surface area contributed by atoms with Gasteiger partial charge in [0.1, 0.15) is 5.82 Å². The molecule has 0 atom stereocenters. The van der Waals surface area contributed by atoms with Gasteiger partial charge in [0.25, 0.3) is 0 Å². The molecule has 0 bridgehead atoms. The molecule has 1 aromatic carbocycles. The van der Waals surface area contributed by atoms with E-state index in [1.165, 1.54) is 6.07 Å². The zero-order valence-electron chi connectivity index (χ0n) is 8.90. The fourth-order valence-electron chi connectivity index (χ4n) is 1.44. The third kappa shape index (κ3) is 2.79. The van der Waals surface area contributed by atoms with Gasteiger partial charge in [0.15, 0.2) is 11.6 Å². The molecular weight excluding hydrogens is 242 g/mol. The molecule has 0 amide bonds. The van der Waals surface area contributed by atoms with E-state index in [1.807, 2.05) is 0 Å². The Hall–Kier alpha value is -1.49. The zero-order chi connectivity index (χ0) is 12.3. The molecular formula is C12H10F2N2S. The molecule has 2 rings (SSSR count). The van der Waals surface area contributed by atoms with Crippen molar-refractivity contribution in [2.45, 2.75) is 6.42 Å². The summed E-state index contributed by atoms with van der Waals surface area (Å²) in [7, 11) is 0. The maximum absolute atomic E-state index is 13.1. The van der Waals surface area contributed by atoms with Gasteiger partial charge in [-0.15, -0.1) is 0 Å². The van der Waals surface area contributed by atoms with Gasteiger partial charge < -0.3 is 0 Å². The quantitative estimate of drug-likeness (QED) is 0.850. The Morgan fingerprint density at radius 1 is 1.12 bits per heavy atom. The van der Waals surface area contributed by atoms with Crippen molar-refractivity contribution in [2.75, 3.05) is 5.75 Å². The van der Waals surface area contributed by atoms with Gasteiger partial charge in [0, 0.05) is 18.2 Å². The molecule has 2 nitrogen and oxygen atoms in total. The molecule has 0 radical (unpaired) electrons. The molecule has 0 aliphatic heterocycles. The number of thiol groups is 1. The number of hydrogen-bond acceptors (Lipinski definition) is 3. The topological polar surface area (TPSA) is 25.8 Å². The van der Waals surface area contributed by atoms with Crippen molar-refractivity contribution in [3.05, 3.63) is 47.9 Å². The number of halogens is 2. The van der Waals surface area contributed by atoms with Gasteiger partial charge in [0.05, 0.1) is 5.69 Å². The van der Waals surface area contributed by atoms with E-state index in [-0.39, 0.29) is 0 Å². The normalized spacial score (nSPS) is 10.5. The lowest BCUT2D eigenvalue weighted by Gasteiger charge is -2.03. The first-order chi connectivity index (χ1) is 8.20. The first kappa shape index (κ1) is 12.0. The van der Waals surface area contributed by atoms with Crippen molar-refractivity contribution < 1.29 is 8.78 Å². The van der Waals surface area contributed by atoms with Crippen molar-refractivity contribution in [2.24, 2.45) is 0 Å². The number of rotatable bonds is 3. The minimum Gasteiger partial charge on any atom is -0.241 e. The summed E-state index contributed by atoms with van der Waals surface area (Å²) in [5.41, 5.74) is 1.11. The maximum Gasteiger partial charge on any atom is 0.159 e. The first-order valence-corrected chi connectivity index (χ1v) is 5.72. The number of hydrogen-bond donors (Lipinski definition) is 1. The van der Waals surface area contributed by atoms with E-state index >= 15 is 0 Å². The van der Waals surface area contributed by atoms with Gasteiger partial charge in [0.2, 0.25) is 0 Å².